The number of thiophene rings is 1. The van der Waals surface area contributed by atoms with E-state index in [0.29, 0.717) is 19.0 Å². The lowest BCUT2D eigenvalue weighted by Gasteiger charge is -2.13. The first-order chi connectivity index (χ1) is 13.3. The molecule has 0 aliphatic heterocycles. The number of aliphatic imine (C=N–C) groups is 1. The van der Waals surface area contributed by atoms with Gasteiger partial charge in [-0.1, -0.05) is 6.07 Å². The van der Waals surface area contributed by atoms with Crippen LogP contribution in [0, 0.1) is 13.8 Å². The van der Waals surface area contributed by atoms with Crippen LogP contribution in [0.1, 0.15) is 24.7 Å². The zero-order valence-electron chi connectivity index (χ0n) is 16.6. The summed E-state index contributed by atoms with van der Waals surface area (Å²) >= 11 is 1.15. The van der Waals surface area contributed by atoms with Gasteiger partial charge in [-0.05, 0) is 44.7 Å². The molecule has 0 saturated carbocycles. The second-order valence-electron chi connectivity index (χ2n) is 6.52. The van der Waals surface area contributed by atoms with Crippen molar-refractivity contribution < 1.29 is 13.5 Å². The number of aliphatic hydroxyl groups excluding tert-OH is 1. The SMILES string of the molecule is CCNC(=NCC(O)CS(=O)(=O)c1cccs1)NCCCn1nc(C)cc1C. The van der Waals surface area contributed by atoms with Crippen molar-refractivity contribution >= 4 is 27.1 Å². The van der Waals surface area contributed by atoms with Crippen molar-refractivity contribution in [3.05, 3.63) is 35.0 Å². The molecule has 1 atom stereocenters. The summed E-state index contributed by atoms with van der Waals surface area (Å²) in [6.45, 7) is 8.13. The summed E-state index contributed by atoms with van der Waals surface area (Å²) in [7, 11) is -3.48. The van der Waals surface area contributed by atoms with E-state index in [-0.39, 0.29) is 16.5 Å². The molecule has 1 unspecified atom stereocenters. The summed E-state index contributed by atoms with van der Waals surface area (Å²) < 4.78 is 26.7. The summed E-state index contributed by atoms with van der Waals surface area (Å²) in [4.78, 5) is 4.31. The first kappa shape index (κ1) is 22.4. The molecular weight excluding hydrogens is 398 g/mol. The second-order valence-corrected chi connectivity index (χ2v) is 9.73. The highest BCUT2D eigenvalue weighted by Crippen LogP contribution is 2.18. The minimum Gasteiger partial charge on any atom is -0.390 e. The van der Waals surface area contributed by atoms with Crippen molar-refractivity contribution in [2.45, 2.75) is 44.0 Å². The third-order valence-electron chi connectivity index (χ3n) is 3.96. The molecular formula is C18H29N5O3S2. The standard InChI is InChI=1S/C18H29N5O3S2/c1-4-19-18(20-8-6-9-23-15(3)11-14(2)22-23)21-12-16(24)13-28(25,26)17-7-5-10-27-17/h5,7,10-11,16,24H,4,6,8-9,12-13H2,1-3H3,(H2,19,20,21). The zero-order chi connectivity index (χ0) is 20.6. The van der Waals surface area contributed by atoms with Crippen molar-refractivity contribution in [1.82, 2.24) is 20.4 Å². The molecule has 0 radical (unpaired) electrons. The third-order valence-corrected chi connectivity index (χ3v) is 7.25. The summed E-state index contributed by atoms with van der Waals surface area (Å²) in [5.41, 5.74) is 2.14. The number of aliphatic hydroxyl groups is 1. The Morgan fingerprint density at radius 3 is 2.79 bits per heavy atom. The normalized spacial score (nSPS) is 13.5. The number of aryl methyl sites for hydroxylation is 3. The van der Waals surface area contributed by atoms with Gasteiger partial charge in [0.25, 0.3) is 0 Å². The van der Waals surface area contributed by atoms with E-state index in [0.717, 1.165) is 35.7 Å². The largest absolute Gasteiger partial charge is 0.390 e. The van der Waals surface area contributed by atoms with Gasteiger partial charge in [0.05, 0.1) is 24.1 Å². The maximum atomic E-state index is 12.2. The van der Waals surface area contributed by atoms with Crippen LogP contribution in [0.3, 0.4) is 0 Å². The molecule has 2 rings (SSSR count). The summed E-state index contributed by atoms with van der Waals surface area (Å²) in [6, 6.07) is 5.27. The van der Waals surface area contributed by atoms with E-state index in [1.165, 1.54) is 0 Å². The maximum absolute atomic E-state index is 12.2. The third kappa shape index (κ3) is 6.92. The van der Waals surface area contributed by atoms with Crippen molar-refractivity contribution in [1.29, 1.82) is 0 Å². The number of sulfone groups is 1. The van der Waals surface area contributed by atoms with Crippen molar-refractivity contribution in [3.8, 4) is 0 Å². The molecule has 0 aliphatic rings. The predicted octanol–water partition coefficient (Wildman–Crippen LogP) is 1.34. The van der Waals surface area contributed by atoms with Crippen molar-refractivity contribution in [2.24, 2.45) is 4.99 Å². The fourth-order valence-electron chi connectivity index (χ4n) is 2.70. The average molecular weight is 428 g/mol. The van der Waals surface area contributed by atoms with Crippen LogP contribution in [-0.4, -0.2) is 60.8 Å². The van der Waals surface area contributed by atoms with Crippen LogP contribution in [0.25, 0.3) is 0 Å². The Bertz CT molecular complexity index is 860. The van der Waals surface area contributed by atoms with Gasteiger partial charge in [0.2, 0.25) is 0 Å². The second kappa shape index (κ2) is 10.6. The number of rotatable bonds is 10. The van der Waals surface area contributed by atoms with Gasteiger partial charge < -0.3 is 15.7 Å². The molecule has 2 heterocycles. The van der Waals surface area contributed by atoms with Gasteiger partial charge in [-0.3, -0.25) is 9.67 Å². The van der Waals surface area contributed by atoms with Crippen LogP contribution in [0.2, 0.25) is 0 Å². The molecule has 0 bridgehead atoms. The fourth-order valence-corrected chi connectivity index (χ4v) is 5.17. The summed E-state index contributed by atoms with van der Waals surface area (Å²) in [5.74, 6) is 0.220. The Hall–Kier alpha value is -1.91. The maximum Gasteiger partial charge on any atom is 0.191 e. The van der Waals surface area contributed by atoms with Gasteiger partial charge in [0.15, 0.2) is 15.8 Å². The number of nitrogens with one attached hydrogen (secondary N) is 2. The molecule has 0 amide bonds. The van der Waals surface area contributed by atoms with Gasteiger partial charge >= 0.3 is 0 Å². The highest BCUT2D eigenvalue weighted by atomic mass is 32.2. The van der Waals surface area contributed by atoms with Gasteiger partial charge in [-0.15, -0.1) is 11.3 Å². The molecule has 2 aromatic rings. The molecule has 10 heteroatoms. The molecule has 0 saturated heterocycles. The number of hydrogen-bond acceptors (Lipinski definition) is 6. The molecule has 8 nitrogen and oxygen atoms in total. The van der Waals surface area contributed by atoms with Crippen molar-refractivity contribution in [3.63, 3.8) is 0 Å². The van der Waals surface area contributed by atoms with Crippen LogP contribution in [-0.2, 0) is 16.4 Å². The molecule has 0 aliphatic carbocycles. The van der Waals surface area contributed by atoms with Crippen LogP contribution in [0.15, 0.2) is 32.8 Å². The van der Waals surface area contributed by atoms with Crippen molar-refractivity contribution in [2.75, 3.05) is 25.4 Å². The smallest absolute Gasteiger partial charge is 0.191 e. The van der Waals surface area contributed by atoms with Gasteiger partial charge in [0.1, 0.15) is 4.21 Å². The predicted molar refractivity (Wildman–Crippen MR) is 113 cm³/mol. The quantitative estimate of drug-likeness (QED) is 0.300. The van der Waals surface area contributed by atoms with E-state index in [4.69, 9.17) is 0 Å². The molecule has 2 aromatic heterocycles. The topological polar surface area (TPSA) is 109 Å². The summed E-state index contributed by atoms with van der Waals surface area (Å²) in [6.07, 6.45) is -0.195. The van der Waals surface area contributed by atoms with Crippen LogP contribution in [0.4, 0.5) is 0 Å². The van der Waals surface area contributed by atoms with Crippen LogP contribution in [0.5, 0.6) is 0 Å². The Morgan fingerprint density at radius 1 is 1.39 bits per heavy atom. The van der Waals surface area contributed by atoms with Gasteiger partial charge in [-0.25, -0.2) is 8.42 Å². The minimum absolute atomic E-state index is 0.0113. The first-order valence-electron chi connectivity index (χ1n) is 9.29. The highest BCUT2D eigenvalue weighted by Gasteiger charge is 2.20. The van der Waals surface area contributed by atoms with Gasteiger partial charge in [-0.2, -0.15) is 5.10 Å². The first-order valence-corrected chi connectivity index (χ1v) is 11.8. The lowest BCUT2D eigenvalue weighted by molar-refractivity contribution is 0.206. The van der Waals surface area contributed by atoms with E-state index in [1.807, 2.05) is 31.5 Å². The van der Waals surface area contributed by atoms with Crippen LogP contribution < -0.4 is 10.6 Å². The summed E-state index contributed by atoms with van der Waals surface area (Å²) in [5, 5.41) is 22.5. The van der Waals surface area contributed by atoms with Gasteiger partial charge in [0, 0.05) is 25.3 Å². The van der Waals surface area contributed by atoms with E-state index in [2.05, 4.69) is 20.7 Å². The highest BCUT2D eigenvalue weighted by molar-refractivity contribution is 7.93. The zero-order valence-corrected chi connectivity index (χ0v) is 18.2. The fraction of sp³-hybridized carbons (Fsp3) is 0.556. The molecule has 3 N–H and O–H groups in total. The minimum atomic E-state index is -3.48. The number of hydrogen-bond donors (Lipinski definition) is 3. The average Bonchev–Trinajstić information content (AvgIpc) is 3.26. The lowest BCUT2D eigenvalue weighted by atomic mass is 10.4. The molecule has 28 heavy (non-hydrogen) atoms. The number of nitrogens with zero attached hydrogens (tertiary/aromatic N) is 3. The molecule has 0 spiro atoms. The Kier molecular flexibility index (Phi) is 8.46. The molecule has 156 valence electrons. The molecule has 0 fully saturated rings. The van der Waals surface area contributed by atoms with E-state index < -0.39 is 15.9 Å². The number of aromatic nitrogens is 2. The van der Waals surface area contributed by atoms with E-state index >= 15 is 0 Å². The Balaban J connectivity index is 1.81. The van der Waals surface area contributed by atoms with Crippen LogP contribution >= 0.6 is 11.3 Å². The Morgan fingerprint density at radius 2 is 2.18 bits per heavy atom. The monoisotopic (exact) mass is 427 g/mol. The number of guanidine groups is 1. The molecule has 0 aromatic carbocycles. The van der Waals surface area contributed by atoms with E-state index in [1.54, 1.807) is 17.5 Å². The lowest BCUT2D eigenvalue weighted by Crippen LogP contribution is -2.39. The Labute approximate surface area is 170 Å². The van der Waals surface area contributed by atoms with E-state index in [9.17, 15) is 13.5 Å².